The summed E-state index contributed by atoms with van der Waals surface area (Å²) in [6, 6.07) is 1.06. The van der Waals surface area contributed by atoms with Crippen LogP contribution >= 0.6 is 0 Å². The Bertz CT molecular complexity index is 412. The molecule has 1 atom stereocenters. The molecule has 0 aliphatic rings. The molecule has 1 aromatic heterocycles. The van der Waals surface area contributed by atoms with E-state index in [1.54, 1.807) is 0 Å². The molecule has 0 spiro atoms. The molecule has 84 valence electrons. The van der Waals surface area contributed by atoms with Gasteiger partial charge in [-0.1, -0.05) is 6.92 Å². The molecule has 0 bridgehead atoms. The highest BCUT2D eigenvalue weighted by Crippen LogP contribution is 2.03. The van der Waals surface area contributed by atoms with Crippen molar-refractivity contribution < 1.29 is 9.18 Å². The van der Waals surface area contributed by atoms with E-state index in [0.717, 1.165) is 18.7 Å². The lowest BCUT2D eigenvalue weighted by Gasteiger charge is -2.13. The summed E-state index contributed by atoms with van der Waals surface area (Å²) in [5, 5.41) is 2.72. The zero-order valence-electron chi connectivity index (χ0n) is 9.03. The average molecular weight is 220 g/mol. The topological polar surface area (TPSA) is 42.0 Å². The first-order chi connectivity index (χ1) is 7.67. The first kappa shape index (κ1) is 12.2. The van der Waals surface area contributed by atoms with Crippen molar-refractivity contribution >= 4 is 5.91 Å². The van der Waals surface area contributed by atoms with Crippen LogP contribution in [0.1, 0.15) is 30.1 Å². The van der Waals surface area contributed by atoms with E-state index < -0.39 is 5.82 Å². The molecule has 4 heteroatoms. The lowest BCUT2D eigenvalue weighted by Crippen LogP contribution is -2.34. The van der Waals surface area contributed by atoms with Crippen LogP contribution in [-0.2, 0) is 0 Å². The van der Waals surface area contributed by atoms with Gasteiger partial charge in [-0.05, 0) is 12.5 Å². The molecule has 0 radical (unpaired) electrons. The summed E-state index contributed by atoms with van der Waals surface area (Å²) in [6.07, 6.45) is 8.74. The normalized spacial score (nSPS) is 11.6. The number of rotatable bonds is 4. The van der Waals surface area contributed by atoms with Crippen LogP contribution in [0.4, 0.5) is 4.39 Å². The Kier molecular flexibility index (Phi) is 4.46. The van der Waals surface area contributed by atoms with Crippen molar-refractivity contribution in [3.8, 4) is 12.3 Å². The van der Waals surface area contributed by atoms with E-state index in [4.69, 9.17) is 6.42 Å². The second-order valence-electron chi connectivity index (χ2n) is 3.38. The maximum atomic E-state index is 12.8. The highest BCUT2D eigenvalue weighted by atomic mass is 19.1. The lowest BCUT2D eigenvalue weighted by molar-refractivity contribution is 0.0936. The van der Waals surface area contributed by atoms with Crippen LogP contribution in [0.15, 0.2) is 18.5 Å². The van der Waals surface area contributed by atoms with Crippen molar-refractivity contribution in [1.29, 1.82) is 0 Å². The third kappa shape index (κ3) is 3.35. The van der Waals surface area contributed by atoms with Crippen molar-refractivity contribution in [2.24, 2.45) is 0 Å². The van der Waals surface area contributed by atoms with Gasteiger partial charge in [-0.15, -0.1) is 12.3 Å². The van der Waals surface area contributed by atoms with Crippen LogP contribution in [0.2, 0.25) is 0 Å². The molecule has 0 saturated carbocycles. The number of halogens is 1. The first-order valence-electron chi connectivity index (χ1n) is 5.02. The Balaban J connectivity index is 2.68. The van der Waals surface area contributed by atoms with Gasteiger partial charge in [0, 0.05) is 18.7 Å². The highest BCUT2D eigenvalue weighted by Gasteiger charge is 2.11. The van der Waals surface area contributed by atoms with E-state index in [0.29, 0.717) is 6.42 Å². The smallest absolute Gasteiger partial charge is 0.253 e. The van der Waals surface area contributed by atoms with Gasteiger partial charge in [0.2, 0.25) is 0 Å². The quantitative estimate of drug-likeness (QED) is 0.785. The largest absolute Gasteiger partial charge is 0.348 e. The van der Waals surface area contributed by atoms with Crippen LogP contribution in [0, 0.1) is 18.2 Å². The van der Waals surface area contributed by atoms with Crippen LogP contribution < -0.4 is 5.32 Å². The molecule has 0 fully saturated rings. The minimum Gasteiger partial charge on any atom is -0.348 e. The van der Waals surface area contributed by atoms with Gasteiger partial charge in [0.15, 0.2) is 0 Å². The number of carbonyl (C=O) groups is 1. The van der Waals surface area contributed by atoms with Crippen LogP contribution in [0.5, 0.6) is 0 Å². The molecule has 0 aromatic carbocycles. The molecule has 1 aromatic rings. The van der Waals surface area contributed by atoms with Gasteiger partial charge in [-0.25, -0.2) is 4.39 Å². The third-order valence-electron chi connectivity index (χ3n) is 2.16. The van der Waals surface area contributed by atoms with Gasteiger partial charge in [-0.2, -0.15) is 0 Å². The predicted molar refractivity (Wildman–Crippen MR) is 59.2 cm³/mol. The van der Waals surface area contributed by atoms with Gasteiger partial charge in [-0.3, -0.25) is 9.78 Å². The van der Waals surface area contributed by atoms with Crippen LogP contribution in [0.25, 0.3) is 0 Å². The zero-order chi connectivity index (χ0) is 12.0. The third-order valence-corrected chi connectivity index (χ3v) is 2.16. The Morgan fingerprint density at radius 1 is 1.69 bits per heavy atom. The number of hydrogen-bond donors (Lipinski definition) is 1. The lowest BCUT2D eigenvalue weighted by atomic mass is 10.1. The molecule has 3 nitrogen and oxygen atoms in total. The van der Waals surface area contributed by atoms with Gasteiger partial charge < -0.3 is 5.32 Å². The summed E-state index contributed by atoms with van der Waals surface area (Å²) in [6.45, 7) is 1.92. The Morgan fingerprint density at radius 3 is 3.00 bits per heavy atom. The van der Waals surface area contributed by atoms with E-state index in [1.807, 2.05) is 6.92 Å². The fourth-order valence-corrected chi connectivity index (χ4v) is 1.24. The summed E-state index contributed by atoms with van der Waals surface area (Å²) in [4.78, 5) is 15.3. The van der Waals surface area contributed by atoms with E-state index in [2.05, 4.69) is 16.2 Å². The molecule has 1 unspecified atom stereocenters. The maximum absolute atomic E-state index is 12.8. The summed E-state index contributed by atoms with van der Waals surface area (Å²) >= 11 is 0. The van der Waals surface area contributed by atoms with Gasteiger partial charge in [0.05, 0.1) is 11.8 Å². The molecule has 1 amide bonds. The van der Waals surface area contributed by atoms with Crippen molar-refractivity contribution in [2.45, 2.75) is 25.8 Å². The maximum Gasteiger partial charge on any atom is 0.253 e. The van der Waals surface area contributed by atoms with Crippen LogP contribution in [0.3, 0.4) is 0 Å². The Hall–Kier alpha value is -1.89. The number of nitrogens with one attached hydrogen (secondary N) is 1. The fourth-order valence-electron chi connectivity index (χ4n) is 1.24. The molecule has 16 heavy (non-hydrogen) atoms. The molecule has 1 heterocycles. The number of pyridine rings is 1. The zero-order valence-corrected chi connectivity index (χ0v) is 9.03. The predicted octanol–water partition coefficient (Wildman–Crippen LogP) is 1.75. The number of hydrogen-bond acceptors (Lipinski definition) is 2. The summed E-state index contributed by atoms with van der Waals surface area (Å²) < 4.78 is 12.8. The summed E-state index contributed by atoms with van der Waals surface area (Å²) in [5.41, 5.74) is 0.204. The Morgan fingerprint density at radius 2 is 2.44 bits per heavy atom. The van der Waals surface area contributed by atoms with Crippen molar-refractivity contribution in [3.05, 3.63) is 29.8 Å². The molecule has 0 saturated heterocycles. The highest BCUT2D eigenvalue weighted by molar-refractivity contribution is 5.94. The Labute approximate surface area is 94.1 Å². The summed E-state index contributed by atoms with van der Waals surface area (Å²) in [5.74, 6) is 1.60. The molecular formula is C12H13FN2O. The molecule has 0 aliphatic carbocycles. The van der Waals surface area contributed by atoms with Gasteiger partial charge >= 0.3 is 0 Å². The standard InChI is InChI=1S/C12H13FN2O/c1-3-5-11(4-2)15-12(16)9-6-10(13)8-14-7-9/h1,6-8,11H,4-5H2,2H3,(H,15,16). The summed E-state index contributed by atoms with van der Waals surface area (Å²) in [7, 11) is 0. The first-order valence-corrected chi connectivity index (χ1v) is 5.02. The molecule has 0 aliphatic heterocycles. The van der Waals surface area contributed by atoms with E-state index in [-0.39, 0.29) is 17.5 Å². The van der Waals surface area contributed by atoms with Crippen LogP contribution in [-0.4, -0.2) is 16.9 Å². The second-order valence-corrected chi connectivity index (χ2v) is 3.38. The number of amides is 1. The van der Waals surface area contributed by atoms with Gasteiger partial charge in [0.1, 0.15) is 5.82 Å². The van der Waals surface area contributed by atoms with E-state index in [1.165, 1.54) is 6.20 Å². The number of nitrogens with zero attached hydrogens (tertiary/aromatic N) is 1. The van der Waals surface area contributed by atoms with Crippen molar-refractivity contribution in [2.75, 3.05) is 0 Å². The van der Waals surface area contributed by atoms with Gasteiger partial charge in [0.25, 0.3) is 5.91 Å². The number of carbonyl (C=O) groups excluding carboxylic acids is 1. The molecule has 1 N–H and O–H groups in total. The molecular weight excluding hydrogens is 207 g/mol. The SMILES string of the molecule is C#CCC(CC)NC(=O)c1cncc(F)c1. The van der Waals surface area contributed by atoms with E-state index in [9.17, 15) is 9.18 Å². The minimum absolute atomic E-state index is 0.0826. The number of aromatic nitrogens is 1. The number of terminal acetylenes is 1. The van der Waals surface area contributed by atoms with Crippen molar-refractivity contribution in [1.82, 2.24) is 10.3 Å². The monoisotopic (exact) mass is 220 g/mol. The molecule has 1 rings (SSSR count). The average Bonchev–Trinajstić information content (AvgIpc) is 2.28. The second kappa shape index (κ2) is 5.86. The fraction of sp³-hybridized carbons (Fsp3) is 0.333. The van der Waals surface area contributed by atoms with E-state index >= 15 is 0 Å². The van der Waals surface area contributed by atoms with Crippen molar-refractivity contribution in [3.63, 3.8) is 0 Å². The minimum atomic E-state index is -0.530.